The second-order valence-electron chi connectivity index (χ2n) is 6.74. The van der Waals surface area contributed by atoms with Crippen LogP contribution in [-0.2, 0) is 0 Å². The van der Waals surface area contributed by atoms with E-state index in [4.69, 9.17) is 4.74 Å². The molecule has 1 N–H and O–H groups in total. The van der Waals surface area contributed by atoms with Gasteiger partial charge in [0.15, 0.2) is 0 Å². The molecule has 2 aromatic carbocycles. The largest absolute Gasteiger partial charge is 0.497 e. The first-order valence-corrected chi connectivity index (χ1v) is 8.89. The number of nitrogens with one attached hydrogen (secondary N) is 1. The summed E-state index contributed by atoms with van der Waals surface area (Å²) in [6.07, 6.45) is 5.17. The van der Waals surface area contributed by atoms with Crippen LogP contribution in [-0.4, -0.2) is 24.9 Å². The zero-order chi connectivity index (χ0) is 17.6. The smallest absolute Gasteiger partial charge is 0.118 e. The topological polar surface area (TPSA) is 37.4 Å². The van der Waals surface area contributed by atoms with E-state index in [9.17, 15) is 0 Å². The van der Waals surface area contributed by atoms with Gasteiger partial charge in [-0.2, -0.15) is 0 Å². The molecule has 1 heterocycles. The van der Waals surface area contributed by atoms with E-state index in [0.717, 1.165) is 24.3 Å². The molecule has 3 aromatic rings. The zero-order valence-electron chi connectivity index (χ0n) is 15.2. The molecule has 0 saturated carbocycles. The fourth-order valence-corrected chi connectivity index (χ4v) is 3.32. The van der Waals surface area contributed by atoms with Crippen molar-refractivity contribution in [1.29, 1.82) is 0 Å². The number of aromatic amines is 1. The normalized spacial score (nSPS) is 13.0. The zero-order valence-corrected chi connectivity index (χ0v) is 15.2. The number of methoxy groups -OCH3 is 1. The molecule has 1 aromatic heterocycles. The van der Waals surface area contributed by atoms with E-state index in [0.29, 0.717) is 11.8 Å². The summed E-state index contributed by atoms with van der Waals surface area (Å²) in [6.45, 7) is 5.41. The molecule has 0 aliphatic heterocycles. The Morgan fingerprint density at radius 2 is 1.84 bits per heavy atom. The number of hydrogen-bond donors (Lipinski definition) is 1. The standard InChI is InChI=1S/C22H26N2O/c1-16(2)19(21-15-24-22-7-5-4-6-20(21)22)12-13-23-14-17-8-10-18(25-3)11-9-17/h4-11,14-16,19,24H,12-13H2,1-3H3/t19-/m1/s1. The van der Waals surface area contributed by atoms with Gasteiger partial charge in [0.1, 0.15) is 5.75 Å². The maximum atomic E-state index is 5.18. The Kier molecular flexibility index (Phi) is 5.54. The van der Waals surface area contributed by atoms with Crippen molar-refractivity contribution in [3.8, 4) is 5.75 Å². The molecular formula is C22H26N2O. The third kappa shape index (κ3) is 4.11. The molecule has 0 saturated heterocycles. The van der Waals surface area contributed by atoms with E-state index >= 15 is 0 Å². The van der Waals surface area contributed by atoms with Gasteiger partial charge in [0, 0.05) is 29.9 Å². The molecule has 1 atom stereocenters. The average molecular weight is 334 g/mol. The third-order valence-corrected chi connectivity index (χ3v) is 4.75. The Balaban J connectivity index is 1.67. The van der Waals surface area contributed by atoms with Crippen molar-refractivity contribution in [1.82, 2.24) is 4.98 Å². The summed E-state index contributed by atoms with van der Waals surface area (Å²) < 4.78 is 5.18. The highest BCUT2D eigenvalue weighted by Gasteiger charge is 2.18. The molecule has 0 unspecified atom stereocenters. The van der Waals surface area contributed by atoms with Crippen molar-refractivity contribution < 1.29 is 4.74 Å². The fraction of sp³-hybridized carbons (Fsp3) is 0.318. The molecule has 3 nitrogen and oxygen atoms in total. The summed E-state index contributed by atoms with van der Waals surface area (Å²) in [5, 5.41) is 1.33. The predicted octanol–water partition coefficient (Wildman–Crippen LogP) is 5.43. The summed E-state index contributed by atoms with van der Waals surface area (Å²) in [6, 6.07) is 16.5. The fourth-order valence-electron chi connectivity index (χ4n) is 3.32. The summed E-state index contributed by atoms with van der Waals surface area (Å²) in [5.74, 6) is 1.95. The van der Waals surface area contributed by atoms with Crippen LogP contribution < -0.4 is 4.74 Å². The third-order valence-electron chi connectivity index (χ3n) is 4.75. The number of para-hydroxylation sites is 1. The van der Waals surface area contributed by atoms with Crippen LogP contribution in [0.25, 0.3) is 10.9 Å². The molecule has 0 aliphatic rings. The molecule has 3 rings (SSSR count). The van der Waals surface area contributed by atoms with Crippen molar-refractivity contribution in [2.24, 2.45) is 10.9 Å². The molecule has 0 spiro atoms. The Morgan fingerprint density at radius 3 is 2.56 bits per heavy atom. The summed E-state index contributed by atoms with van der Waals surface area (Å²) in [5.41, 5.74) is 3.73. The van der Waals surface area contributed by atoms with Crippen molar-refractivity contribution in [2.75, 3.05) is 13.7 Å². The van der Waals surface area contributed by atoms with E-state index < -0.39 is 0 Å². The van der Waals surface area contributed by atoms with Gasteiger partial charge in [-0.25, -0.2) is 0 Å². The number of fused-ring (bicyclic) bond motifs is 1. The summed E-state index contributed by atoms with van der Waals surface area (Å²) >= 11 is 0. The van der Waals surface area contributed by atoms with E-state index in [1.807, 2.05) is 30.5 Å². The molecule has 0 radical (unpaired) electrons. The second-order valence-corrected chi connectivity index (χ2v) is 6.74. The minimum absolute atomic E-state index is 0.504. The molecule has 0 aliphatic carbocycles. The van der Waals surface area contributed by atoms with Crippen molar-refractivity contribution >= 4 is 17.1 Å². The van der Waals surface area contributed by atoms with Gasteiger partial charge < -0.3 is 9.72 Å². The number of benzene rings is 2. The molecule has 0 bridgehead atoms. The molecule has 0 fully saturated rings. The first kappa shape index (κ1) is 17.3. The van der Waals surface area contributed by atoms with Crippen LogP contribution in [0.1, 0.15) is 37.3 Å². The number of aromatic nitrogens is 1. The lowest BCUT2D eigenvalue weighted by molar-refractivity contribution is 0.415. The number of ether oxygens (including phenoxy) is 1. The van der Waals surface area contributed by atoms with Crippen LogP contribution in [0.2, 0.25) is 0 Å². The Bertz CT molecular complexity index is 831. The van der Waals surface area contributed by atoms with E-state index in [2.05, 4.69) is 54.3 Å². The maximum absolute atomic E-state index is 5.18. The number of rotatable bonds is 7. The predicted molar refractivity (Wildman–Crippen MR) is 106 cm³/mol. The van der Waals surface area contributed by atoms with Gasteiger partial charge in [-0.15, -0.1) is 0 Å². The SMILES string of the molecule is COc1ccc(C=NCC[C@@H](c2c[nH]c3ccccc23)C(C)C)cc1. The molecule has 0 amide bonds. The van der Waals surface area contributed by atoms with Crippen LogP contribution in [0.5, 0.6) is 5.75 Å². The van der Waals surface area contributed by atoms with Gasteiger partial charge in [0.05, 0.1) is 7.11 Å². The first-order valence-electron chi connectivity index (χ1n) is 8.89. The van der Waals surface area contributed by atoms with Crippen molar-refractivity contribution in [2.45, 2.75) is 26.2 Å². The van der Waals surface area contributed by atoms with Gasteiger partial charge in [0.2, 0.25) is 0 Å². The maximum Gasteiger partial charge on any atom is 0.118 e. The molecule has 25 heavy (non-hydrogen) atoms. The Labute approximate surface area is 149 Å². The summed E-state index contributed by atoms with van der Waals surface area (Å²) in [4.78, 5) is 8.03. The van der Waals surface area contributed by atoms with E-state index in [1.165, 1.54) is 16.5 Å². The monoisotopic (exact) mass is 334 g/mol. The van der Waals surface area contributed by atoms with Gasteiger partial charge >= 0.3 is 0 Å². The van der Waals surface area contributed by atoms with Gasteiger partial charge in [-0.3, -0.25) is 4.99 Å². The quantitative estimate of drug-likeness (QED) is 0.575. The van der Waals surface area contributed by atoms with Gasteiger partial charge in [-0.1, -0.05) is 32.0 Å². The Morgan fingerprint density at radius 1 is 1.08 bits per heavy atom. The number of H-pyrrole nitrogens is 1. The van der Waals surface area contributed by atoms with Crippen molar-refractivity contribution in [3.63, 3.8) is 0 Å². The highest BCUT2D eigenvalue weighted by Crippen LogP contribution is 2.33. The molecule has 3 heteroatoms. The summed E-state index contributed by atoms with van der Waals surface area (Å²) in [7, 11) is 1.68. The van der Waals surface area contributed by atoms with Gasteiger partial charge in [0.25, 0.3) is 0 Å². The lowest BCUT2D eigenvalue weighted by atomic mass is 9.85. The number of aliphatic imine (C=N–C) groups is 1. The average Bonchev–Trinajstić information content (AvgIpc) is 3.06. The van der Waals surface area contributed by atoms with Crippen LogP contribution in [0.15, 0.2) is 59.7 Å². The minimum Gasteiger partial charge on any atom is -0.497 e. The lowest BCUT2D eigenvalue weighted by Crippen LogP contribution is -2.08. The second kappa shape index (κ2) is 8.02. The van der Waals surface area contributed by atoms with Crippen molar-refractivity contribution in [3.05, 3.63) is 65.9 Å². The number of nitrogens with zero attached hydrogens (tertiary/aromatic N) is 1. The highest BCUT2D eigenvalue weighted by molar-refractivity contribution is 5.83. The highest BCUT2D eigenvalue weighted by atomic mass is 16.5. The number of hydrogen-bond acceptors (Lipinski definition) is 2. The molecular weight excluding hydrogens is 308 g/mol. The lowest BCUT2D eigenvalue weighted by Gasteiger charge is -2.19. The minimum atomic E-state index is 0.504. The molecule has 130 valence electrons. The Hall–Kier alpha value is -2.55. The van der Waals surface area contributed by atoms with Crippen LogP contribution in [0.4, 0.5) is 0 Å². The van der Waals surface area contributed by atoms with Crippen LogP contribution in [0.3, 0.4) is 0 Å². The van der Waals surface area contributed by atoms with Crippen LogP contribution in [0, 0.1) is 5.92 Å². The van der Waals surface area contributed by atoms with E-state index in [1.54, 1.807) is 7.11 Å². The van der Waals surface area contributed by atoms with Crippen LogP contribution >= 0.6 is 0 Å². The van der Waals surface area contributed by atoms with E-state index in [-0.39, 0.29) is 0 Å². The van der Waals surface area contributed by atoms with Gasteiger partial charge in [-0.05, 0) is 59.7 Å². The first-order chi connectivity index (χ1) is 12.2.